The average molecular weight is 1310 g/mol. The number of Topliss-reactive ketones (excluding diaryl/α,β-unsaturated/α-hetero) is 3. The number of rotatable bonds is 14. The number of hydrogen-bond donors (Lipinski definition) is 3. The van der Waals surface area contributed by atoms with Gasteiger partial charge in [0, 0.05) is 51.4 Å². The van der Waals surface area contributed by atoms with Crippen LogP contribution in [0.4, 0.5) is 0 Å². The van der Waals surface area contributed by atoms with E-state index in [1.807, 2.05) is 70.2 Å². The van der Waals surface area contributed by atoms with Crippen molar-refractivity contribution in [3.63, 3.8) is 0 Å². The van der Waals surface area contributed by atoms with E-state index in [4.69, 9.17) is 42.3 Å². The fraction of sp³-hybridized carbons (Fsp3) is 0.662. The summed E-state index contributed by atoms with van der Waals surface area (Å²) in [5.41, 5.74) is 1.18. The molecule has 2 bridgehead atoms. The molecular formula is C74H107NO17Si. The summed E-state index contributed by atoms with van der Waals surface area (Å²) >= 11 is 0. The molecule has 1 aliphatic carbocycles. The number of esters is 1. The monoisotopic (exact) mass is 1310 g/mol. The van der Waals surface area contributed by atoms with Gasteiger partial charge in [0.25, 0.3) is 20.0 Å². The van der Waals surface area contributed by atoms with Gasteiger partial charge in [-0.25, -0.2) is 4.79 Å². The Kier molecular flexibility index (Phi) is 26.5. The number of ketones is 3. The summed E-state index contributed by atoms with van der Waals surface area (Å²) in [4.78, 5) is 73.9. The van der Waals surface area contributed by atoms with Gasteiger partial charge in [-0.05, 0) is 122 Å². The Bertz CT molecular complexity index is 2890. The first-order valence-corrected chi connectivity index (χ1v) is 36.1. The predicted molar refractivity (Wildman–Crippen MR) is 356 cm³/mol. The molecule has 18 nitrogen and oxygen atoms in total. The SMILES string of the molecule is CO[C@@H]1C[C@H](C[C@@H](C)[C@@H]2CC(=O)[C@H](C)/C=C(\C)[C@@H](O)[C@@H](OC)C(=O)[C@H](C)C[C@H](C)/C=C/C=CC=C(C)[C@H](O[C@@H]3CO[C@H]4[C@@H]3OC[C@@H]4OCCO[Si](c3ccccc3)(c3ccccc3)C(C)(C)C)C[C@@H]3CC[C@@H](C)[C@@](O)(O3)C(=O)C(=O)N3CCCC[C@H]3C(=O)O2)CC[C@H]1O. The molecular weight excluding hydrogens is 1200 g/mol. The maximum absolute atomic E-state index is 14.8. The Morgan fingerprint density at radius 2 is 1.42 bits per heavy atom. The van der Waals surface area contributed by atoms with Crippen LogP contribution in [0.15, 0.2) is 108 Å². The van der Waals surface area contributed by atoms with E-state index in [9.17, 15) is 39.3 Å². The highest BCUT2D eigenvalue weighted by atomic mass is 28.4. The third kappa shape index (κ3) is 17.8. The lowest BCUT2D eigenvalue weighted by molar-refractivity contribution is -0.266. The minimum Gasteiger partial charge on any atom is -0.460 e. The van der Waals surface area contributed by atoms with Crippen LogP contribution >= 0.6 is 0 Å². The van der Waals surface area contributed by atoms with Gasteiger partial charge in [-0.15, -0.1) is 0 Å². The van der Waals surface area contributed by atoms with E-state index in [1.165, 1.54) is 22.4 Å². The van der Waals surface area contributed by atoms with Crippen molar-refractivity contribution in [2.75, 3.05) is 47.2 Å². The van der Waals surface area contributed by atoms with Crippen molar-refractivity contribution in [3.8, 4) is 0 Å². The topological polar surface area (TPSA) is 232 Å². The largest absolute Gasteiger partial charge is 0.460 e. The number of allylic oxidation sites excluding steroid dienone is 6. The molecule has 2 aromatic rings. The number of hydrogen-bond acceptors (Lipinski definition) is 17. The van der Waals surface area contributed by atoms with E-state index in [-0.39, 0.29) is 79.5 Å². The smallest absolute Gasteiger partial charge is 0.329 e. The molecule has 93 heavy (non-hydrogen) atoms. The van der Waals surface area contributed by atoms with Crippen LogP contribution in [0.2, 0.25) is 5.04 Å². The van der Waals surface area contributed by atoms with E-state index in [1.54, 1.807) is 34.0 Å². The van der Waals surface area contributed by atoms with Gasteiger partial charge in [-0.1, -0.05) is 153 Å². The van der Waals surface area contributed by atoms with E-state index >= 15 is 0 Å². The molecule has 19 heteroatoms. The van der Waals surface area contributed by atoms with Crippen molar-refractivity contribution in [1.82, 2.24) is 4.90 Å². The Morgan fingerprint density at radius 3 is 2.08 bits per heavy atom. The molecule has 0 unspecified atom stereocenters. The third-order valence-corrected chi connectivity index (χ3v) is 25.7. The van der Waals surface area contributed by atoms with Crippen molar-refractivity contribution >= 4 is 47.9 Å². The summed E-state index contributed by atoms with van der Waals surface area (Å²) in [6.07, 6.45) is 8.32. The maximum Gasteiger partial charge on any atom is 0.329 e. The number of amides is 1. The van der Waals surface area contributed by atoms with Crippen LogP contribution in [0.5, 0.6) is 0 Å². The molecule has 0 radical (unpaired) electrons. The number of benzene rings is 2. The average Bonchev–Trinajstić information content (AvgIpc) is 1.38. The summed E-state index contributed by atoms with van der Waals surface area (Å²) in [5.74, 6) is -8.51. The lowest BCUT2D eigenvalue weighted by Crippen LogP contribution is -2.66. The molecule has 0 aromatic heterocycles. The number of aliphatic hydroxyl groups excluding tert-OH is 2. The number of nitrogens with zero attached hydrogens (tertiary/aromatic N) is 1. The zero-order valence-electron chi connectivity index (χ0n) is 57.2. The van der Waals surface area contributed by atoms with Gasteiger partial charge in [0.1, 0.15) is 54.6 Å². The second-order valence-electron chi connectivity index (χ2n) is 28.5. The first-order valence-electron chi connectivity index (χ1n) is 34.2. The van der Waals surface area contributed by atoms with Crippen LogP contribution in [-0.2, 0) is 66.3 Å². The fourth-order valence-corrected chi connectivity index (χ4v) is 19.6. The van der Waals surface area contributed by atoms with Gasteiger partial charge in [-0.2, -0.15) is 0 Å². The van der Waals surface area contributed by atoms with E-state index in [0.717, 1.165) is 5.57 Å². The molecule has 5 aliphatic heterocycles. The van der Waals surface area contributed by atoms with Gasteiger partial charge < -0.3 is 62.5 Å². The molecule has 19 atom stereocenters. The Balaban J connectivity index is 1.03. The summed E-state index contributed by atoms with van der Waals surface area (Å²) < 4.78 is 57.8. The van der Waals surface area contributed by atoms with Crippen molar-refractivity contribution in [2.24, 2.45) is 35.5 Å². The highest BCUT2D eigenvalue weighted by Gasteiger charge is 2.55. The van der Waals surface area contributed by atoms with Crippen LogP contribution in [0.3, 0.4) is 0 Å². The molecule has 2 aromatic carbocycles. The van der Waals surface area contributed by atoms with Gasteiger partial charge in [-0.3, -0.25) is 19.2 Å². The molecule has 5 heterocycles. The number of ether oxygens (including phenoxy) is 8. The lowest BCUT2D eigenvalue weighted by atomic mass is 9.78. The maximum atomic E-state index is 14.8. The normalized spacial score (nSPS) is 35.9. The molecule has 0 spiro atoms. The molecule has 1 saturated carbocycles. The van der Waals surface area contributed by atoms with Crippen molar-refractivity contribution in [1.29, 1.82) is 0 Å². The first-order chi connectivity index (χ1) is 44.3. The number of carbonyl (C=O) groups excluding carboxylic acids is 5. The van der Waals surface area contributed by atoms with Gasteiger partial charge >= 0.3 is 5.97 Å². The van der Waals surface area contributed by atoms with Crippen LogP contribution in [-0.4, -0.2) is 184 Å². The Morgan fingerprint density at radius 1 is 0.753 bits per heavy atom. The quantitative estimate of drug-likeness (QED) is 0.0528. The Hall–Kier alpha value is -4.87. The van der Waals surface area contributed by atoms with Crippen LogP contribution in [0, 0.1) is 35.5 Å². The van der Waals surface area contributed by atoms with Crippen molar-refractivity contribution < 1.29 is 81.6 Å². The highest BCUT2D eigenvalue weighted by molar-refractivity contribution is 6.99. The predicted octanol–water partition coefficient (Wildman–Crippen LogP) is 8.68. The molecule has 5 fully saturated rings. The summed E-state index contributed by atoms with van der Waals surface area (Å²) in [7, 11) is 0.138. The van der Waals surface area contributed by atoms with Crippen molar-refractivity contribution in [3.05, 3.63) is 108 Å². The zero-order valence-corrected chi connectivity index (χ0v) is 58.2. The van der Waals surface area contributed by atoms with Crippen LogP contribution < -0.4 is 10.4 Å². The standard InChI is InChI=1S/C74H107NO17Si/c1-46-24-16-13-17-25-47(2)60(90-64-45-88-67-63(44-87-68(64)67)86-36-37-89-93(73(8,9)10,55-26-18-14-19-27-55)56-28-20-15-21-29-56)42-54-33-31-52(7)74(83,92-54)70(80)71(81)75-35-23-22-30-57(75)72(82)91-61(49(4)40-53-32-34-58(76)62(41-53)84-11)43-59(77)48(3)39-51(6)66(79)69(85-12)65(78)50(5)38-46/h13-21,24-29,39,46,48-50,52-54,57-58,60-64,66-69,76,79,83H,22-23,30-38,40-45H2,1-12H3/b17-13?,24-16+,47-25?,51-39+/t46-,48-,49-,50-,52-,53+,54+,57+,58-,60-,61+,62-,63+,64-,66-,67-,68-,69+,74-/m1/s1. The van der Waals surface area contributed by atoms with Crippen molar-refractivity contribution in [2.45, 2.75) is 230 Å². The van der Waals surface area contributed by atoms with E-state index in [2.05, 4.69) is 69.3 Å². The van der Waals surface area contributed by atoms with Crippen LogP contribution in [0.25, 0.3) is 0 Å². The van der Waals surface area contributed by atoms with E-state index in [0.29, 0.717) is 76.6 Å². The Labute approximate surface area is 553 Å². The fourth-order valence-electron chi connectivity index (χ4n) is 15.1. The number of aliphatic hydroxyl groups is 3. The van der Waals surface area contributed by atoms with Gasteiger partial charge in [0.15, 0.2) is 5.78 Å². The molecule has 6 aliphatic rings. The molecule has 1 amide bonds. The summed E-state index contributed by atoms with van der Waals surface area (Å²) in [6.45, 7) is 20.6. The van der Waals surface area contributed by atoms with Crippen LogP contribution in [0.1, 0.15) is 146 Å². The number of carbonyl (C=O) groups is 5. The second-order valence-corrected chi connectivity index (χ2v) is 32.9. The molecule has 4 saturated heterocycles. The van der Waals surface area contributed by atoms with E-state index < -0.39 is 117 Å². The molecule has 514 valence electrons. The summed E-state index contributed by atoms with van der Waals surface area (Å²) in [5, 5.41) is 37.0. The first kappa shape index (κ1) is 73.9. The number of fused-ring (bicyclic) bond motifs is 4. The minimum atomic E-state index is -2.81. The highest BCUT2D eigenvalue weighted by Crippen LogP contribution is 2.41. The minimum absolute atomic E-state index is 0.0459. The number of cyclic esters (lactones) is 1. The summed E-state index contributed by atoms with van der Waals surface area (Å²) in [6, 6.07) is 19.8. The third-order valence-electron chi connectivity index (χ3n) is 20.6. The number of piperidine rings is 1. The lowest BCUT2D eigenvalue weighted by Gasteiger charge is -2.43. The van der Waals surface area contributed by atoms with Gasteiger partial charge in [0.2, 0.25) is 5.79 Å². The van der Waals surface area contributed by atoms with Gasteiger partial charge in [0.05, 0.1) is 50.8 Å². The number of methoxy groups -OCH3 is 2. The zero-order chi connectivity index (χ0) is 67.4. The molecule has 3 N–H and O–H groups in total. The molecule has 8 rings (SSSR count). The second kappa shape index (κ2) is 33.4.